The van der Waals surface area contributed by atoms with Crippen LogP contribution >= 0.6 is 11.8 Å². The molecule has 0 atom stereocenters. The minimum absolute atomic E-state index is 0.140. The van der Waals surface area contributed by atoms with Crippen molar-refractivity contribution in [2.24, 2.45) is 0 Å². The molecule has 0 spiro atoms. The molecule has 24 heavy (non-hydrogen) atoms. The van der Waals surface area contributed by atoms with Crippen molar-refractivity contribution in [3.05, 3.63) is 64.5 Å². The van der Waals surface area contributed by atoms with Gasteiger partial charge in [0, 0.05) is 10.9 Å². The smallest absolute Gasteiger partial charge is 0.173 e. The molecule has 0 radical (unpaired) electrons. The van der Waals surface area contributed by atoms with Crippen LogP contribution in [0.1, 0.15) is 32.9 Å². The van der Waals surface area contributed by atoms with Crippen LogP contribution in [-0.4, -0.2) is 21.5 Å². The van der Waals surface area contributed by atoms with Crippen molar-refractivity contribution in [2.75, 3.05) is 5.75 Å². The highest BCUT2D eigenvalue weighted by atomic mass is 32.2. The van der Waals surface area contributed by atoms with E-state index in [0.29, 0.717) is 5.75 Å². The van der Waals surface area contributed by atoms with Gasteiger partial charge in [-0.3, -0.25) is 4.79 Å². The number of Topliss-reactive ketones (excluding diaryl/α,β-unsaturated/α-hetero) is 1. The van der Waals surface area contributed by atoms with Crippen molar-refractivity contribution in [3.8, 4) is 0 Å². The molecular formula is C20H20N2OS. The van der Waals surface area contributed by atoms with Crippen LogP contribution in [0, 0.1) is 27.7 Å². The van der Waals surface area contributed by atoms with E-state index >= 15 is 0 Å². The van der Waals surface area contributed by atoms with Crippen LogP contribution in [0.4, 0.5) is 0 Å². The molecule has 3 rings (SSSR count). The van der Waals surface area contributed by atoms with Gasteiger partial charge < -0.3 is 0 Å². The van der Waals surface area contributed by atoms with E-state index in [2.05, 4.69) is 23.0 Å². The number of carbonyl (C=O) groups excluding carboxylic acids is 1. The molecule has 0 unspecified atom stereocenters. The van der Waals surface area contributed by atoms with Crippen molar-refractivity contribution in [1.29, 1.82) is 0 Å². The molecule has 0 bridgehead atoms. The number of aryl methyl sites for hydroxylation is 4. The molecule has 3 nitrogen and oxygen atoms in total. The number of fused-ring (bicyclic) bond motifs is 1. The van der Waals surface area contributed by atoms with E-state index in [-0.39, 0.29) is 5.78 Å². The highest BCUT2D eigenvalue weighted by Gasteiger charge is 2.13. The van der Waals surface area contributed by atoms with Crippen LogP contribution in [0.25, 0.3) is 10.9 Å². The van der Waals surface area contributed by atoms with Crippen LogP contribution in [-0.2, 0) is 0 Å². The van der Waals surface area contributed by atoms with Gasteiger partial charge in [-0.05, 0) is 56.5 Å². The zero-order chi connectivity index (χ0) is 17.3. The Labute approximate surface area is 146 Å². The van der Waals surface area contributed by atoms with Crippen LogP contribution in [0.3, 0.4) is 0 Å². The molecule has 2 aromatic carbocycles. The summed E-state index contributed by atoms with van der Waals surface area (Å²) in [4.78, 5) is 21.6. The van der Waals surface area contributed by atoms with Gasteiger partial charge in [0.1, 0.15) is 10.9 Å². The number of thioether (sulfide) groups is 1. The Morgan fingerprint density at radius 3 is 2.46 bits per heavy atom. The van der Waals surface area contributed by atoms with E-state index in [0.717, 1.165) is 38.4 Å². The first kappa shape index (κ1) is 16.7. The number of hydrogen-bond acceptors (Lipinski definition) is 4. The monoisotopic (exact) mass is 336 g/mol. The Bertz CT molecular complexity index is 934. The maximum Gasteiger partial charge on any atom is 0.173 e. The highest BCUT2D eigenvalue weighted by Crippen LogP contribution is 2.26. The number of para-hydroxylation sites is 1. The topological polar surface area (TPSA) is 42.9 Å². The fourth-order valence-electron chi connectivity index (χ4n) is 2.74. The van der Waals surface area contributed by atoms with Gasteiger partial charge in [-0.15, -0.1) is 0 Å². The Hall–Kier alpha value is -2.20. The maximum absolute atomic E-state index is 12.7. The second kappa shape index (κ2) is 6.73. The van der Waals surface area contributed by atoms with Gasteiger partial charge in [-0.25, -0.2) is 9.97 Å². The predicted octanol–water partition coefficient (Wildman–Crippen LogP) is 4.84. The van der Waals surface area contributed by atoms with Gasteiger partial charge in [-0.1, -0.05) is 36.0 Å². The minimum Gasteiger partial charge on any atom is -0.293 e. The lowest BCUT2D eigenvalue weighted by atomic mass is 9.99. The van der Waals surface area contributed by atoms with Gasteiger partial charge in [0.2, 0.25) is 0 Å². The zero-order valence-corrected chi connectivity index (χ0v) is 15.2. The first-order valence-corrected chi connectivity index (χ1v) is 8.91. The summed E-state index contributed by atoms with van der Waals surface area (Å²) < 4.78 is 0. The van der Waals surface area contributed by atoms with Crippen molar-refractivity contribution in [2.45, 2.75) is 32.7 Å². The molecule has 0 saturated heterocycles. The lowest BCUT2D eigenvalue weighted by Gasteiger charge is -2.10. The highest BCUT2D eigenvalue weighted by molar-refractivity contribution is 8.00. The first-order chi connectivity index (χ1) is 11.5. The molecule has 0 N–H and O–H groups in total. The van der Waals surface area contributed by atoms with Crippen molar-refractivity contribution in [3.63, 3.8) is 0 Å². The molecular weight excluding hydrogens is 316 g/mol. The molecule has 0 amide bonds. The number of nitrogens with zero attached hydrogens (tertiary/aromatic N) is 2. The second-order valence-electron chi connectivity index (χ2n) is 6.06. The number of hydrogen-bond donors (Lipinski definition) is 0. The fraction of sp³-hybridized carbons (Fsp3) is 0.250. The molecule has 0 aliphatic rings. The quantitative estimate of drug-likeness (QED) is 0.388. The number of benzene rings is 2. The second-order valence-corrected chi connectivity index (χ2v) is 7.02. The number of carbonyl (C=O) groups is 1. The molecule has 0 aliphatic heterocycles. The van der Waals surface area contributed by atoms with Crippen molar-refractivity contribution in [1.82, 2.24) is 9.97 Å². The Morgan fingerprint density at radius 2 is 1.67 bits per heavy atom. The average molecular weight is 336 g/mol. The lowest BCUT2D eigenvalue weighted by molar-refractivity contribution is 0.102. The third kappa shape index (κ3) is 3.34. The number of rotatable bonds is 4. The molecule has 0 fully saturated rings. The van der Waals surface area contributed by atoms with Crippen LogP contribution < -0.4 is 0 Å². The summed E-state index contributed by atoms with van der Waals surface area (Å²) in [6.45, 7) is 7.99. The third-order valence-electron chi connectivity index (χ3n) is 4.16. The normalized spacial score (nSPS) is 11.0. The van der Waals surface area contributed by atoms with Gasteiger partial charge in [0.25, 0.3) is 0 Å². The van der Waals surface area contributed by atoms with E-state index in [1.54, 1.807) is 0 Å². The fourth-order valence-corrected chi connectivity index (χ4v) is 3.69. The van der Waals surface area contributed by atoms with E-state index in [4.69, 9.17) is 0 Å². The van der Waals surface area contributed by atoms with E-state index in [9.17, 15) is 4.79 Å². The lowest BCUT2D eigenvalue weighted by Crippen LogP contribution is -2.06. The molecule has 3 aromatic rings. The SMILES string of the molecule is Cc1nc(SCC(=O)c2cc(C)c(C)cc2C)c2ccccc2n1. The van der Waals surface area contributed by atoms with Gasteiger partial charge in [0.05, 0.1) is 11.3 Å². The maximum atomic E-state index is 12.7. The van der Waals surface area contributed by atoms with Gasteiger partial charge in [-0.2, -0.15) is 0 Å². The number of aromatic nitrogens is 2. The van der Waals surface area contributed by atoms with Crippen LogP contribution in [0.15, 0.2) is 41.4 Å². The van der Waals surface area contributed by atoms with Gasteiger partial charge >= 0.3 is 0 Å². The van der Waals surface area contributed by atoms with Crippen LogP contribution in [0.5, 0.6) is 0 Å². The summed E-state index contributed by atoms with van der Waals surface area (Å²) in [5.74, 6) is 1.25. The van der Waals surface area contributed by atoms with E-state index in [1.807, 2.05) is 51.1 Å². The Kier molecular flexibility index (Phi) is 4.67. The molecule has 1 heterocycles. The third-order valence-corrected chi connectivity index (χ3v) is 5.15. The molecule has 122 valence electrons. The predicted molar refractivity (Wildman–Crippen MR) is 100.0 cm³/mol. The molecule has 0 aliphatic carbocycles. The summed E-state index contributed by atoms with van der Waals surface area (Å²) in [5.41, 5.74) is 5.13. The van der Waals surface area contributed by atoms with Crippen molar-refractivity contribution < 1.29 is 4.79 Å². The van der Waals surface area contributed by atoms with E-state index < -0.39 is 0 Å². The summed E-state index contributed by atoms with van der Waals surface area (Å²) in [7, 11) is 0. The summed E-state index contributed by atoms with van der Waals surface area (Å²) in [6.07, 6.45) is 0. The van der Waals surface area contributed by atoms with Crippen molar-refractivity contribution >= 4 is 28.4 Å². The zero-order valence-electron chi connectivity index (χ0n) is 14.4. The first-order valence-electron chi connectivity index (χ1n) is 7.93. The largest absolute Gasteiger partial charge is 0.293 e. The number of ketones is 1. The Morgan fingerprint density at radius 1 is 0.958 bits per heavy atom. The molecule has 0 saturated carbocycles. The standard InChI is InChI=1S/C20H20N2OS/c1-12-9-14(3)17(10-13(12)2)19(23)11-24-20-16-7-5-6-8-18(16)21-15(4)22-20/h5-10H,11H2,1-4H3. The summed E-state index contributed by atoms with van der Waals surface area (Å²) in [5, 5.41) is 1.87. The Balaban J connectivity index is 1.86. The minimum atomic E-state index is 0.140. The van der Waals surface area contributed by atoms with E-state index in [1.165, 1.54) is 17.3 Å². The van der Waals surface area contributed by atoms with Crippen LogP contribution in [0.2, 0.25) is 0 Å². The molecule has 1 aromatic heterocycles. The summed E-state index contributed by atoms with van der Waals surface area (Å²) in [6, 6.07) is 12.0. The summed E-state index contributed by atoms with van der Waals surface area (Å²) >= 11 is 1.49. The molecule has 4 heteroatoms. The van der Waals surface area contributed by atoms with Gasteiger partial charge in [0.15, 0.2) is 5.78 Å². The average Bonchev–Trinajstić information content (AvgIpc) is 2.55.